The van der Waals surface area contributed by atoms with Gasteiger partial charge in [0.2, 0.25) is 5.91 Å². The Bertz CT molecular complexity index is 946. The minimum absolute atomic E-state index is 0.145. The second-order valence-corrected chi connectivity index (χ2v) is 7.29. The summed E-state index contributed by atoms with van der Waals surface area (Å²) < 4.78 is 5.49. The van der Waals surface area contributed by atoms with Gasteiger partial charge in [-0.1, -0.05) is 13.0 Å². The molecule has 0 saturated carbocycles. The summed E-state index contributed by atoms with van der Waals surface area (Å²) in [5, 5.41) is 11.4. The number of aryl methyl sites for hydroxylation is 2. The van der Waals surface area contributed by atoms with Gasteiger partial charge in [0.05, 0.1) is 0 Å². The highest BCUT2D eigenvalue weighted by atomic mass is 32.1. The fourth-order valence-electron chi connectivity index (χ4n) is 2.29. The molecule has 0 fully saturated rings. The van der Waals surface area contributed by atoms with E-state index in [1.165, 1.54) is 0 Å². The largest absolute Gasteiger partial charge is 0.484 e. The van der Waals surface area contributed by atoms with Crippen LogP contribution in [0.25, 0.3) is 0 Å². The van der Waals surface area contributed by atoms with Crippen molar-refractivity contribution in [3.63, 3.8) is 0 Å². The van der Waals surface area contributed by atoms with E-state index in [9.17, 15) is 9.59 Å². The molecule has 30 heavy (non-hydrogen) atoms. The molecule has 4 N–H and O–H groups in total. The number of hydrogen-bond donors (Lipinski definition) is 4. The third-order valence-electron chi connectivity index (χ3n) is 4.08. The van der Waals surface area contributed by atoms with Gasteiger partial charge < -0.3 is 20.7 Å². The van der Waals surface area contributed by atoms with Crippen molar-refractivity contribution >= 4 is 57.8 Å². The van der Waals surface area contributed by atoms with E-state index in [2.05, 4.69) is 21.3 Å². The maximum Gasteiger partial charge on any atom is 0.264 e. The minimum atomic E-state index is -0.360. The summed E-state index contributed by atoms with van der Waals surface area (Å²) in [6, 6.07) is 12.7. The summed E-state index contributed by atoms with van der Waals surface area (Å²) in [6.07, 6.45) is 0.351. The number of rotatable bonds is 6. The van der Waals surface area contributed by atoms with Gasteiger partial charge in [-0.15, -0.1) is 0 Å². The van der Waals surface area contributed by atoms with Crippen LogP contribution >= 0.6 is 24.4 Å². The highest BCUT2D eigenvalue weighted by Crippen LogP contribution is 2.16. The molecule has 9 heteroatoms. The highest BCUT2D eigenvalue weighted by Gasteiger charge is 2.07. The number of ether oxygens (including phenoxy) is 1. The fraction of sp³-hybridized carbons (Fsp3) is 0.238. The molecule has 2 aromatic carbocycles. The van der Waals surface area contributed by atoms with Gasteiger partial charge in [0.1, 0.15) is 5.75 Å². The lowest BCUT2D eigenvalue weighted by Gasteiger charge is -2.12. The molecule has 0 unspecified atom stereocenters. The molecule has 158 valence electrons. The smallest absolute Gasteiger partial charge is 0.264 e. The van der Waals surface area contributed by atoms with E-state index >= 15 is 0 Å². The van der Waals surface area contributed by atoms with Crippen molar-refractivity contribution in [3.8, 4) is 5.75 Å². The van der Waals surface area contributed by atoms with Crippen LogP contribution in [0.15, 0.2) is 42.5 Å². The first-order valence-electron chi connectivity index (χ1n) is 9.28. The molecular weight excluding hydrogens is 420 g/mol. The molecule has 0 atom stereocenters. The first kappa shape index (κ1) is 23.2. The first-order valence-corrected chi connectivity index (χ1v) is 10.1. The van der Waals surface area contributed by atoms with E-state index in [-0.39, 0.29) is 28.6 Å². The zero-order valence-electron chi connectivity index (χ0n) is 17.0. The molecule has 0 bridgehead atoms. The number of carbonyl (C=O) groups excluding carboxylic acids is 2. The summed E-state index contributed by atoms with van der Waals surface area (Å²) in [6.45, 7) is 5.59. The summed E-state index contributed by atoms with van der Waals surface area (Å²) in [5.41, 5.74) is 3.64. The first-order chi connectivity index (χ1) is 14.3. The molecule has 0 spiro atoms. The molecule has 2 amide bonds. The van der Waals surface area contributed by atoms with E-state index < -0.39 is 0 Å². The van der Waals surface area contributed by atoms with Gasteiger partial charge in [0, 0.05) is 17.8 Å². The topological polar surface area (TPSA) is 91.5 Å². The average Bonchev–Trinajstić information content (AvgIpc) is 2.70. The fourth-order valence-corrected chi connectivity index (χ4v) is 2.76. The Morgan fingerprint density at radius 3 is 1.87 bits per heavy atom. The number of hydrogen-bond acceptors (Lipinski definition) is 5. The minimum Gasteiger partial charge on any atom is -0.484 e. The van der Waals surface area contributed by atoms with Gasteiger partial charge in [-0.25, -0.2) is 0 Å². The van der Waals surface area contributed by atoms with Crippen molar-refractivity contribution < 1.29 is 14.3 Å². The van der Waals surface area contributed by atoms with Crippen LogP contribution in [-0.4, -0.2) is 28.6 Å². The zero-order chi connectivity index (χ0) is 22.1. The lowest BCUT2D eigenvalue weighted by atomic mass is 10.1. The number of thiocarbonyl (C=S) groups is 2. The van der Waals surface area contributed by atoms with Gasteiger partial charge in [0.15, 0.2) is 16.8 Å². The van der Waals surface area contributed by atoms with Crippen molar-refractivity contribution in [2.24, 2.45) is 0 Å². The summed E-state index contributed by atoms with van der Waals surface area (Å²) in [7, 11) is 0. The standard InChI is InChI=1S/C21H24N4O3S2/c1-4-18(26)24-20(29)22-15-6-8-16(9-7-15)23-21(30)25-19(27)12-28-17-10-5-13(2)14(3)11-17/h5-11H,4,12H2,1-3H3,(H2,22,24,26,29)(H2,23,25,27,30). The SMILES string of the molecule is CCC(=O)NC(=S)Nc1ccc(NC(=S)NC(=O)COc2ccc(C)c(C)c2)cc1. The van der Waals surface area contributed by atoms with Crippen LogP contribution in [0, 0.1) is 13.8 Å². The Labute approximate surface area is 186 Å². The van der Waals surface area contributed by atoms with Gasteiger partial charge in [-0.2, -0.15) is 0 Å². The number of benzene rings is 2. The van der Waals surface area contributed by atoms with E-state index in [0.717, 1.165) is 11.1 Å². The molecule has 0 aliphatic carbocycles. The van der Waals surface area contributed by atoms with Crippen molar-refractivity contribution in [3.05, 3.63) is 53.6 Å². The Kier molecular flexibility index (Phi) is 8.70. The second kappa shape index (κ2) is 11.2. The van der Waals surface area contributed by atoms with E-state index in [0.29, 0.717) is 23.5 Å². The predicted octanol–water partition coefficient (Wildman–Crippen LogP) is 3.42. The van der Waals surface area contributed by atoms with Crippen LogP contribution < -0.4 is 26.0 Å². The zero-order valence-corrected chi connectivity index (χ0v) is 18.6. The van der Waals surface area contributed by atoms with Crippen molar-refractivity contribution in [1.29, 1.82) is 0 Å². The molecule has 0 aromatic heterocycles. The van der Waals surface area contributed by atoms with Crippen LogP contribution in [0.2, 0.25) is 0 Å². The van der Waals surface area contributed by atoms with Crippen molar-refractivity contribution in [2.45, 2.75) is 27.2 Å². The van der Waals surface area contributed by atoms with Gasteiger partial charge in [-0.05, 0) is 85.8 Å². The molecule has 0 aliphatic rings. The third-order valence-corrected chi connectivity index (χ3v) is 4.48. The van der Waals surface area contributed by atoms with Gasteiger partial charge in [0.25, 0.3) is 5.91 Å². The normalized spacial score (nSPS) is 9.97. The molecular formula is C21H24N4O3S2. The predicted molar refractivity (Wildman–Crippen MR) is 127 cm³/mol. The summed E-state index contributed by atoms with van der Waals surface area (Å²) in [4.78, 5) is 23.4. The van der Waals surface area contributed by atoms with Crippen LogP contribution in [-0.2, 0) is 9.59 Å². The van der Waals surface area contributed by atoms with Gasteiger partial charge in [-0.3, -0.25) is 14.9 Å². The van der Waals surface area contributed by atoms with E-state index in [4.69, 9.17) is 29.2 Å². The Hall–Kier alpha value is -3.04. The molecule has 0 saturated heterocycles. The number of amides is 2. The Balaban J connectivity index is 1.78. The van der Waals surface area contributed by atoms with Gasteiger partial charge >= 0.3 is 0 Å². The highest BCUT2D eigenvalue weighted by molar-refractivity contribution is 7.80. The van der Waals surface area contributed by atoms with E-state index in [1.807, 2.05) is 32.0 Å². The van der Waals surface area contributed by atoms with Crippen molar-refractivity contribution in [2.75, 3.05) is 17.2 Å². The molecule has 0 aliphatic heterocycles. The quantitative estimate of drug-likeness (QED) is 0.508. The summed E-state index contributed by atoms with van der Waals surface area (Å²) >= 11 is 10.2. The van der Waals surface area contributed by atoms with Crippen LogP contribution in [0.4, 0.5) is 11.4 Å². The lowest BCUT2D eigenvalue weighted by Crippen LogP contribution is -2.37. The van der Waals surface area contributed by atoms with E-state index in [1.54, 1.807) is 31.2 Å². The summed E-state index contributed by atoms with van der Waals surface area (Å²) in [5.74, 6) is 0.109. The number of nitrogens with one attached hydrogen (secondary N) is 4. The number of carbonyl (C=O) groups is 2. The molecule has 0 heterocycles. The average molecular weight is 445 g/mol. The third kappa shape index (κ3) is 7.76. The molecule has 2 aromatic rings. The van der Waals surface area contributed by atoms with Crippen molar-refractivity contribution in [1.82, 2.24) is 10.6 Å². The lowest BCUT2D eigenvalue weighted by molar-refractivity contribution is -0.121. The molecule has 7 nitrogen and oxygen atoms in total. The molecule has 0 radical (unpaired) electrons. The second-order valence-electron chi connectivity index (χ2n) is 6.47. The van der Waals surface area contributed by atoms with Crippen LogP contribution in [0.3, 0.4) is 0 Å². The Morgan fingerprint density at radius 1 is 0.833 bits per heavy atom. The molecule has 2 rings (SSSR count). The number of anilines is 2. The van der Waals surface area contributed by atoms with Crippen LogP contribution in [0.5, 0.6) is 5.75 Å². The maximum atomic E-state index is 12.0. The van der Waals surface area contributed by atoms with Crippen LogP contribution in [0.1, 0.15) is 24.5 Å². The maximum absolute atomic E-state index is 12.0. The Morgan fingerprint density at radius 2 is 1.37 bits per heavy atom. The monoisotopic (exact) mass is 444 g/mol.